The summed E-state index contributed by atoms with van der Waals surface area (Å²) in [6.45, 7) is 4.76. The third kappa shape index (κ3) is 6.78. The second-order valence-electron chi connectivity index (χ2n) is 5.43. The van der Waals surface area contributed by atoms with Gasteiger partial charge in [0.1, 0.15) is 0 Å². The Labute approximate surface area is 133 Å². The molecule has 3 nitrogen and oxygen atoms in total. The minimum absolute atomic E-state index is 0. The number of benzene rings is 1. The van der Waals surface area contributed by atoms with Crippen LogP contribution in [0.3, 0.4) is 0 Å². The van der Waals surface area contributed by atoms with Crippen LogP contribution in [-0.4, -0.2) is 25.5 Å². The van der Waals surface area contributed by atoms with Gasteiger partial charge in [-0.25, -0.2) is 0 Å². The molecule has 0 atom stereocenters. The summed E-state index contributed by atoms with van der Waals surface area (Å²) >= 11 is 0. The van der Waals surface area contributed by atoms with Crippen LogP contribution in [0.25, 0.3) is 0 Å². The molecule has 116 valence electrons. The Balaban J connectivity index is 0.00000220. The van der Waals surface area contributed by atoms with Gasteiger partial charge in [0.15, 0.2) is 0 Å². The first kappa shape index (κ1) is 17.7. The Morgan fingerprint density at radius 3 is 2.71 bits per heavy atom. The molecule has 1 aliphatic heterocycles. The predicted octanol–water partition coefficient (Wildman–Crippen LogP) is 2.78. The zero-order chi connectivity index (χ0) is 14.2. The molecule has 0 aliphatic carbocycles. The number of aryl methyl sites for hydroxylation is 2. The lowest BCUT2D eigenvalue weighted by atomic mass is 10.1. The van der Waals surface area contributed by atoms with Gasteiger partial charge in [-0.1, -0.05) is 41.5 Å². The van der Waals surface area contributed by atoms with Crippen molar-refractivity contribution in [3.63, 3.8) is 0 Å². The van der Waals surface area contributed by atoms with Crippen molar-refractivity contribution in [1.29, 1.82) is 0 Å². The van der Waals surface area contributed by atoms with Crippen molar-refractivity contribution in [2.45, 2.75) is 32.6 Å². The van der Waals surface area contributed by atoms with Gasteiger partial charge in [-0.3, -0.25) is 4.79 Å². The number of carbonyl (C=O) groups excluding carboxylic acids is 1. The van der Waals surface area contributed by atoms with E-state index >= 15 is 0 Å². The molecule has 0 aromatic heterocycles. The van der Waals surface area contributed by atoms with Crippen LogP contribution in [0.1, 0.15) is 30.4 Å². The van der Waals surface area contributed by atoms with Crippen molar-refractivity contribution in [2.75, 3.05) is 19.6 Å². The summed E-state index contributed by atoms with van der Waals surface area (Å²) in [6.07, 6.45) is 5.72. The molecular weight excluding hydrogens is 284 g/mol. The number of amides is 1. The molecule has 2 N–H and O–H groups in total. The summed E-state index contributed by atoms with van der Waals surface area (Å²) in [5, 5.41) is 6.28. The van der Waals surface area contributed by atoms with Gasteiger partial charge in [-0.05, 0) is 38.3 Å². The maximum Gasteiger partial charge on any atom is 0.220 e. The molecule has 0 saturated heterocycles. The number of halogens is 1. The molecule has 0 spiro atoms. The van der Waals surface area contributed by atoms with Crippen molar-refractivity contribution in [2.24, 2.45) is 0 Å². The maximum atomic E-state index is 11.8. The summed E-state index contributed by atoms with van der Waals surface area (Å²) in [5.74, 6) is 0.163. The van der Waals surface area contributed by atoms with E-state index in [-0.39, 0.29) is 18.3 Å². The van der Waals surface area contributed by atoms with Crippen LogP contribution >= 0.6 is 12.4 Å². The molecule has 1 amide bonds. The predicted molar refractivity (Wildman–Crippen MR) is 89.9 cm³/mol. The van der Waals surface area contributed by atoms with Crippen LogP contribution in [0, 0.1) is 6.92 Å². The first-order chi connectivity index (χ1) is 9.74. The minimum Gasteiger partial charge on any atom is -0.352 e. The number of hydrogen-bond acceptors (Lipinski definition) is 2. The highest BCUT2D eigenvalue weighted by atomic mass is 35.5. The number of hydrogen-bond donors (Lipinski definition) is 2. The summed E-state index contributed by atoms with van der Waals surface area (Å²) in [7, 11) is 0. The van der Waals surface area contributed by atoms with E-state index in [9.17, 15) is 4.79 Å². The molecule has 0 radical (unpaired) electrons. The third-order valence-corrected chi connectivity index (χ3v) is 3.66. The molecule has 1 aromatic rings. The molecule has 0 saturated carbocycles. The van der Waals surface area contributed by atoms with Crippen molar-refractivity contribution in [3.05, 3.63) is 47.0 Å². The first-order valence-corrected chi connectivity index (χ1v) is 7.45. The third-order valence-electron chi connectivity index (χ3n) is 3.66. The van der Waals surface area contributed by atoms with Gasteiger partial charge in [0.2, 0.25) is 5.91 Å². The van der Waals surface area contributed by atoms with Crippen LogP contribution in [0.2, 0.25) is 0 Å². The number of nitrogens with one attached hydrogen (secondary N) is 2. The molecular formula is C17H25ClN2O. The average Bonchev–Trinajstić information content (AvgIpc) is 2.48. The van der Waals surface area contributed by atoms with Crippen molar-refractivity contribution in [1.82, 2.24) is 10.6 Å². The molecule has 1 heterocycles. The lowest BCUT2D eigenvalue weighted by Crippen LogP contribution is -2.29. The SMILES string of the molecule is Cc1ccc(CCCC(=O)NCC2=CCNCC2)cc1.Cl. The second-order valence-corrected chi connectivity index (χ2v) is 5.43. The summed E-state index contributed by atoms with van der Waals surface area (Å²) in [5.41, 5.74) is 3.93. The first-order valence-electron chi connectivity index (χ1n) is 7.45. The highest BCUT2D eigenvalue weighted by molar-refractivity contribution is 5.85. The Hall–Kier alpha value is -1.32. The van der Waals surface area contributed by atoms with Gasteiger partial charge in [-0.15, -0.1) is 12.4 Å². The molecule has 21 heavy (non-hydrogen) atoms. The fourth-order valence-electron chi connectivity index (χ4n) is 2.34. The van der Waals surface area contributed by atoms with Crippen molar-refractivity contribution < 1.29 is 4.79 Å². The van der Waals surface area contributed by atoms with E-state index in [0.29, 0.717) is 13.0 Å². The van der Waals surface area contributed by atoms with Crippen molar-refractivity contribution in [3.8, 4) is 0 Å². The smallest absolute Gasteiger partial charge is 0.220 e. The van der Waals surface area contributed by atoms with Crippen molar-refractivity contribution >= 4 is 18.3 Å². The average molecular weight is 309 g/mol. The van der Waals surface area contributed by atoms with Crippen LogP contribution in [0.4, 0.5) is 0 Å². The second kappa shape index (κ2) is 9.59. The van der Waals surface area contributed by atoms with Crippen LogP contribution < -0.4 is 10.6 Å². The Kier molecular flexibility index (Phi) is 8.09. The topological polar surface area (TPSA) is 41.1 Å². The quantitative estimate of drug-likeness (QED) is 0.794. The molecule has 4 heteroatoms. The molecule has 2 rings (SSSR count). The van der Waals surface area contributed by atoms with Gasteiger partial charge >= 0.3 is 0 Å². The van der Waals surface area contributed by atoms with Gasteiger partial charge in [0, 0.05) is 19.5 Å². The summed E-state index contributed by atoms with van der Waals surface area (Å²) in [6, 6.07) is 8.54. The van der Waals surface area contributed by atoms with E-state index in [1.165, 1.54) is 16.7 Å². The van der Waals surface area contributed by atoms with Crippen LogP contribution in [0.5, 0.6) is 0 Å². The molecule has 1 aliphatic rings. The van der Waals surface area contributed by atoms with E-state index in [1.54, 1.807) is 0 Å². The Morgan fingerprint density at radius 1 is 1.29 bits per heavy atom. The zero-order valence-corrected chi connectivity index (χ0v) is 13.5. The molecule has 0 unspecified atom stereocenters. The number of carbonyl (C=O) groups is 1. The number of rotatable bonds is 6. The normalized spacial score (nSPS) is 14.0. The summed E-state index contributed by atoms with van der Waals surface area (Å²) in [4.78, 5) is 11.8. The van der Waals surface area contributed by atoms with Gasteiger partial charge in [0.25, 0.3) is 0 Å². The largest absolute Gasteiger partial charge is 0.352 e. The monoisotopic (exact) mass is 308 g/mol. The van der Waals surface area contributed by atoms with Crippen LogP contribution in [0.15, 0.2) is 35.9 Å². The Bertz CT molecular complexity index is 468. The lowest BCUT2D eigenvalue weighted by Gasteiger charge is -2.14. The van der Waals surface area contributed by atoms with Gasteiger partial charge < -0.3 is 10.6 Å². The van der Waals surface area contributed by atoms with E-state index in [0.717, 1.165) is 32.4 Å². The highest BCUT2D eigenvalue weighted by Gasteiger charge is 2.05. The summed E-state index contributed by atoms with van der Waals surface area (Å²) < 4.78 is 0. The maximum absolute atomic E-state index is 11.8. The van der Waals surface area contributed by atoms with E-state index in [1.807, 2.05) is 0 Å². The zero-order valence-electron chi connectivity index (χ0n) is 12.7. The van der Waals surface area contributed by atoms with Gasteiger partial charge in [-0.2, -0.15) is 0 Å². The van der Waals surface area contributed by atoms with Gasteiger partial charge in [0.05, 0.1) is 0 Å². The van der Waals surface area contributed by atoms with E-state index in [4.69, 9.17) is 0 Å². The van der Waals surface area contributed by atoms with Crippen LogP contribution in [-0.2, 0) is 11.2 Å². The Morgan fingerprint density at radius 2 is 2.05 bits per heavy atom. The fourth-order valence-corrected chi connectivity index (χ4v) is 2.34. The molecule has 1 aromatic carbocycles. The van der Waals surface area contributed by atoms with E-state index in [2.05, 4.69) is 47.9 Å². The molecule has 0 bridgehead atoms. The standard InChI is InChI=1S/C17H24N2O.ClH/c1-14-5-7-15(8-6-14)3-2-4-17(20)19-13-16-9-11-18-12-10-16;/h5-9,18H,2-4,10-13H2,1H3,(H,19,20);1H. The minimum atomic E-state index is 0. The fraction of sp³-hybridized carbons (Fsp3) is 0.471. The highest BCUT2D eigenvalue weighted by Crippen LogP contribution is 2.07. The van der Waals surface area contributed by atoms with E-state index < -0.39 is 0 Å². The molecule has 0 fully saturated rings. The lowest BCUT2D eigenvalue weighted by molar-refractivity contribution is -0.121.